The van der Waals surface area contributed by atoms with Gasteiger partial charge in [-0.1, -0.05) is 0 Å². The predicted molar refractivity (Wildman–Crippen MR) is 23.5 cm³/mol. The van der Waals surface area contributed by atoms with Crippen molar-refractivity contribution < 1.29 is 155 Å². The molecular formula is C2H6O11Zn5+2. The average molecular weight is 533 g/mol. The zero-order valence-corrected chi connectivity index (χ0v) is 24.1. The molecule has 16 heteroatoms. The molecule has 0 aliphatic heterocycles. The molecule has 18 heavy (non-hydrogen) atoms. The van der Waals surface area contributed by atoms with Crippen molar-refractivity contribution in [3.05, 3.63) is 0 Å². The summed E-state index contributed by atoms with van der Waals surface area (Å²) in [5, 5.41) is 18.1. The number of hydrogen-bond donors (Lipinski definition) is 0. The number of carboxylic acid groups (broad SMARTS) is 2. The minimum absolute atomic E-state index is 0. The molecule has 0 fully saturated rings. The van der Waals surface area contributed by atoms with Crippen LogP contribution in [0.3, 0.4) is 0 Å². The quantitative estimate of drug-likeness (QED) is 0.168. The summed E-state index contributed by atoms with van der Waals surface area (Å²) in [6.07, 6.45) is -4.25. The van der Waals surface area contributed by atoms with E-state index in [1.165, 1.54) is 0 Å². The molecule has 0 aromatic carbocycles. The molecule has 0 unspecified atom stereocenters. The third-order valence-corrected chi connectivity index (χ3v) is 0.167. The topological polar surface area (TPSA) is 269 Å². The summed E-state index contributed by atoms with van der Waals surface area (Å²) in [6, 6.07) is 0. The van der Waals surface area contributed by atoms with Crippen LogP contribution < -0.4 is 10.2 Å². The largest absolute Gasteiger partial charge is 2.00 e. The van der Waals surface area contributed by atoms with E-state index in [4.69, 9.17) is 19.8 Å². The summed E-state index contributed by atoms with van der Waals surface area (Å²) in [7, 11) is 0. The molecule has 0 rings (SSSR count). The fourth-order valence-electron chi connectivity index (χ4n) is 0.0680. The van der Waals surface area contributed by atoms with Crippen LogP contribution in [0.4, 0.5) is 9.59 Å². The summed E-state index contributed by atoms with van der Waals surface area (Å²) < 4.78 is 2.86. The van der Waals surface area contributed by atoms with Crippen molar-refractivity contribution >= 4 is 12.3 Å². The fourth-order valence-corrected chi connectivity index (χ4v) is 0.0680. The fraction of sp³-hybridized carbons (Fsp3) is 0. The molecule has 0 aliphatic rings. The molecule has 0 saturated heterocycles. The normalized spacial score (nSPS) is 2.89. The average Bonchev–Trinajstić information content (AvgIpc) is 1.27. The standard InChI is InChI=1S/C2H2O5.6H2O.5Zn/c3-1(4)7-2(5)6;;;;;;;;;;;/h(H,3,4)(H,5,6);6*1H2;;;;;/q;;;;;;;5*+2/p-8. The van der Waals surface area contributed by atoms with Crippen LogP contribution in [-0.4, -0.2) is 45.2 Å². The maximum Gasteiger partial charge on any atom is 2.00 e. The molecule has 0 spiro atoms. The molecule has 0 aromatic rings. The molecule has 0 saturated carbocycles. The Morgan fingerprint density at radius 3 is 0.667 bits per heavy atom. The minimum atomic E-state index is -2.12. The zero-order chi connectivity index (χ0) is 5.86. The van der Waals surface area contributed by atoms with Gasteiger partial charge < -0.3 is 57.4 Å². The molecule has 0 aliphatic carbocycles. The molecule has 0 radical (unpaired) electrons. The van der Waals surface area contributed by atoms with E-state index < -0.39 is 12.3 Å². The smallest absolute Gasteiger partial charge is 0.870 e. The van der Waals surface area contributed by atoms with Crippen LogP contribution in [0, 0.1) is 0 Å². The molecule has 6 N–H and O–H groups in total. The molecule has 0 aromatic heterocycles. The van der Waals surface area contributed by atoms with Gasteiger partial charge in [-0.15, -0.1) is 0 Å². The first kappa shape index (κ1) is 117. The Bertz CT molecular complexity index is 99.6. The second kappa shape index (κ2) is 77.8. The number of hydrogen-bond acceptors (Lipinski definition) is 11. The summed E-state index contributed by atoms with van der Waals surface area (Å²) in [4.78, 5) is 18.1. The van der Waals surface area contributed by atoms with Gasteiger partial charge >= 0.3 is 97.4 Å². The van der Waals surface area contributed by atoms with Gasteiger partial charge in [0.1, 0.15) is 0 Å². The van der Waals surface area contributed by atoms with Crippen LogP contribution >= 0.6 is 0 Å². The van der Waals surface area contributed by atoms with E-state index in [2.05, 4.69) is 4.74 Å². The van der Waals surface area contributed by atoms with Gasteiger partial charge in [0, 0.05) is 0 Å². The van der Waals surface area contributed by atoms with Crippen molar-refractivity contribution in [2.45, 2.75) is 0 Å². The maximum atomic E-state index is 9.06. The van der Waals surface area contributed by atoms with Crippen LogP contribution in [-0.2, 0) is 102 Å². The van der Waals surface area contributed by atoms with Gasteiger partial charge in [0.2, 0.25) is 0 Å². The predicted octanol–water partition coefficient (Wildman–Crippen LogP) is -3.38. The van der Waals surface area contributed by atoms with E-state index in [-0.39, 0.29) is 130 Å². The van der Waals surface area contributed by atoms with Crippen LogP contribution in [0.15, 0.2) is 0 Å². The van der Waals surface area contributed by atoms with Crippen molar-refractivity contribution in [3.63, 3.8) is 0 Å². The first-order valence-corrected chi connectivity index (χ1v) is 1.22. The Morgan fingerprint density at radius 1 is 0.556 bits per heavy atom. The molecular weight excluding hydrogens is 527 g/mol. The summed E-state index contributed by atoms with van der Waals surface area (Å²) in [6.45, 7) is 0. The third kappa shape index (κ3) is 154. The van der Waals surface area contributed by atoms with E-state index >= 15 is 0 Å². The second-order valence-electron chi connectivity index (χ2n) is 0.602. The van der Waals surface area contributed by atoms with Crippen LogP contribution in [0.5, 0.6) is 0 Å². The van der Waals surface area contributed by atoms with Crippen LogP contribution in [0.2, 0.25) is 0 Å². The number of ether oxygens (including phenoxy) is 1. The second-order valence-corrected chi connectivity index (χ2v) is 0.602. The minimum Gasteiger partial charge on any atom is -0.870 e. The van der Waals surface area contributed by atoms with E-state index in [0.717, 1.165) is 0 Å². The van der Waals surface area contributed by atoms with E-state index in [9.17, 15) is 0 Å². The summed E-state index contributed by atoms with van der Waals surface area (Å²) >= 11 is 0. The van der Waals surface area contributed by atoms with E-state index in [0.29, 0.717) is 0 Å². The Labute approximate surface area is 165 Å². The van der Waals surface area contributed by atoms with Gasteiger partial charge in [-0.3, -0.25) is 0 Å². The molecule has 0 heterocycles. The van der Waals surface area contributed by atoms with Gasteiger partial charge in [-0.25, -0.2) is 0 Å². The van der Waals surface area contributed by atoms with Gasteiger partial charge in [0.05, 0.1) is 0 Å². The molecule has 0 bridgehead atoms. The van der Waals surface area contributed by atoms with E-state index in [1.807, 2.05) is 0 Å². The van der Waals surface area contributed by atoms with E-state index in [1.54, 1.807) is 0 Å². The van der Waals surface area contributed by atoms with Crippen molar-refractivity contribution in [2.75, 3.05) is 0 Å². The molecule has 0 atom stereocenters. The summed E-state index contributed by atoms with van der Waals surface area (Å²) in [5.41, 5.74) is 0. The molecule has 0 amide bonds. The van der Waals surface area contributed by atoms with Crippen molar-refractivity contribution in [1.29, 1.82) is 0 Å². The Morgan fingerprint density at radius 2 is 0.667 bits per heavy atom. The molecule has 11 nitrogen and oxygen atoms in total. The van der Waals surface area contributed by atoms with Crippen molar-refractivity contribution in [2.24, 2.45) is 0 Å². The first-order chi connectivity index (χ1) is 3.13. The first-order valence-electron chi connectivity index (χ1n) is 1.22. The van der Waals surface area contributed by atoms with Gasteiger partial charge in [-0.2, -0.15) is 0 Å². The summed E-state index contributed by atoms with van der Waals surface area (Å²) in [5.74, 6) is 0. The monoisotopic (exact) mass is 526 g/mol. The van der Waals surface area contributed by atoms with Gasteiger partial charge in [0.25, 0.3) is 12.3 Å². The van der Waals surface area contributed by atoms with Crippen molar-refractivity contribution in [1.82, 2.24) is 0 Å². The SMILES string of the molecule is O=C([O-])OC(=O)[O-].[OH-].[OH-].[OH-].[OH-].[OH-].[OH-].[Zn+2].[Zn+2].[Zn+2].[Zn+2].[Zn+2]. The van der Waals surface area contributed by atoms with Crippen LogP contribution in [0.1, 0.15) is 0 Å². The number of carbonyl (C=O) groups is 2. The Balaban J connectivity index is -0.00000000327. The number of carbonyl (C=O) groups excluding carboxylic acids is 2. The Kier molecular flexibility index (Phi) is 507. The Hall–Kier alpha value is 1.62. The van der Waals surface area contributed by atoms with Crippen molar-refractivity contribution in [3.8, 4) is 0 Å². The maximum absolute atomic E-state index is 9.06. The molecule has 88 valence electrons. The van der Waals surface area contributed by atoms with Gasteiger partial charge in [0.15, 0.2) is 0 Å². The third-order valence-electron chi connectivity index (χ3n) is 0.167. The van der Waals surface area contributed by atoms with Crippen LogP contribution in [0.25, 0.3) is 0 Å². The van der Waals surface area contributed by atoms with Gasteiger partial charge in [-0.05, 0) is 0 Å². The number of rotatable bonds is 0. The zero-order valence-electron chi connectivity index (χ0n) is 9.26.